The van der Waals surface area contributed by atoms with Gasteiger partial charge in [-0.1, -0.05) is 60.2 Å². The molecule has 8 heteroatoms. The number of anilines is 1. The van der Waals surface area contributed by atoms with Crippen LogP contribution in [-0.4, -0.2) is 43.7 Å². The molecule has 3 heterocycles. The predicted octanol–water partition coefficient (Wildman–Crippen LogP) is 6.74. The van der Waals surface area contributed by atoms with Crippen LogP contribution in [0.5, 0.6) is 11.5 Å². The van der Waals surface area contributed by atoms with Crippen LogP contribution in [0.1, 0.15) is 47.4 Å². The summed E-state index contributed by atoms with van der Waals surface area (Å²) in [7, 11) is 3.08. The molecule has 1 aromatic heterocycles. The Morgan fingerprint density at radius 3 is 2.29 bits per heavy atom. The number of ketones is 3. The van der Waals surface area contributed by atoms with Crippen molar-refractivity contribution in [2.75, 3.05) is 19.1 Å². The van der Waals surface area contributed by atoms with E-state index in [-0.39, 0.29) is 17.3 Å². The highest BCUT2D eigenvalue weighted by Crippen LogP contribution is 2.61. The van der Waals surface area contributed by atoms with Crippen molar-refractivity contribution in [3.05, 3.63) is 116 Å². The number of carbonyl (C=O) groups is 3. The summed E-state index contributed by atoms with van der Waals surface area (Å²) in [5, 5.41) is 2.41. The summed E-state index contributed by atoms with van der Waals surface area (Å²) in [6.45, 7) is 0. The zero-order chi connectivity index (χ0) is 28.5. The normalized spacial score (nSPS) is 21.5. The van der Waals surface area contributed by atoms with Gasteiger partial charge in [-0.05, 0) is 52.9 Å². The van der Waals surface area contributed by atoms with E-state index in [0.717, 1.165) is 11.3 Å². The molecule has 6 nitrogen and oxygen atoms in total. The van der Waals surface area contributed by atoms with E-state index in [4.69, 9.17) is 21.1 Å². The zero-order valence-electron chi connectivity index (χ0n) is 22.2. The Hall–Kier alpha value is -4.20. The van der Waals surface area contributed by atoms with Crippen LogP contribution in [0.25, 0.3) is 6.08 Å². The van der Waals surface area contributed by atoms with Crippen molar-refractivity contribution in [3.63, 3.8) is 0 Å². The molecular formula is C33H24ClNO5S. The Morgan fingerprint density at radius 1 is 0.902 bits per heavy atom. The average molecular weight is 582 g/mol. The molecule has 0 saturated carbocycles. The lowest BCUT2D eigenvalue weighted by Crippen LogP contribution is -2.48. The molecule has 3 atom stereocenters. The number of hydrogen-bond acceptors (Lipinski definition) is 7. The molecule has 7 rings (SSSR count). The first-order valence-corrected chi connectivity index (χ1v) is 14.4. The molecule has 204 valence electrons. The third-order valence-corrected chi connectivity index (χ3v) is 9.68. The Balaban J connectivity index is 1.56. The van der Waals surface area contributed by atoms with Crippen LogP contribution >= 0.6 is 22.9 Å². The van der Waals surface area contributed by atoms with Crippen LogP contribution in [0, 0.1) is 5.41 Å². The number of Topliss-reactive ketones (excluding diaryl/α,β-unsaturated/α-hetero) is 3. The van der Waals surface area contributed by atoms with Crippen LogP contribution in [0.4, 0.5) is 5.69 Å². The molecule has 0 unspecified atom stereocenters. The molecule has 0 radical (unpaired) electrons. The van der Waals surface area contributed by atoms with Gasteiger partial charge < -0.3 is 14.4 Å². The fourth-order valence-electron chi connectivity index (χ4n) is 6.93. The minimum Gasteiger partial charge on any atom is -0.493 e. The summed E-state index contributed by atoms with van der Waals surface area (Å²) in [6.07, 6.45) is 3.78. The Labute approximate surface area is 245 Å². The summed E-state index contributed by atoms with van der Waals surface area (Å²) in [5.41, 5.74) is 1.37. The lowest BCUT2D eigenvalue weighted by atomic mass is 9.64. The van der Waals surface area contributed by atoms with E-state index in [1.165, 1.54) is 18.4 Å². The summed E-state index contributed by atoms with van der Waals surface area (Å²) >= 11 is 7.70. The van der Waals surface area contributed by atoms with Crippen molar-refractivity contribution in [1.82, 2.24) is 0 Å². The van der Waals surface area contributed by atoms with E-state index in [2.05, 4.69) is 0 Å². The molecule has 0 amide bonds. The maximum atomic E-state index is 14.7. The number of ether oxygens (including phenoxy) is 2. The highest BCUT2D eigenvalue weighted by Gasteiger charge is 2.71. The van der Waals surface area contributed by atoms with Crippen molar-refractivity contribution in [2.24, 2.45) is 5.41 Å². The van der Waals surface area contributed by atoms with E-state index >= 15 is 0 Å². The highest BCUT2D eigenvalue weighted by molar-refractivity contribution is 7.12. The Bertz CT molecular complexity index is 1740. The second kappa shape index (κ2) is 9.43. The predicted molar refractivity (Wildman–Crippen MR) is 159 cm³/mol. The third-order valence-electron chi connectivity index (χ3n) is 8.57. The first kappa shape index (κ1) is 25.7. The monoisotopic (exact) mass is 581 g/mol. The van der Waals surface area contributed by atoms with Gasteiger partial charge in [-0.15, -0.1) is 11.3 Å². The van der Waals surface area contributed by atoms with Crippen LogP contribution in [0.3, 0.4) is 0 Å². The Morgan fingerprint density at radius 2 is 1.63 bits per heavy atom. The fraction of sp³-hybridized carbons (Fsp3) is 0.182. The maximum Gasteiger partial charge on any atom is 0.195 e. The van der Waals surface area contributed by atoms with Gasteiger partial charge in [0.25, 0.3) is 0 Å². The lowest BCUT2D eigenvalue weighted by molar-refractivity contribution is 0.0666. The van der Waals surface area contributed by atoms with E-state index in [1.807, 2.05) is 46.7 Å². The van der Waals surface area contributed by atoms with Gasteiger partial charge in [-0.25, -0.2) is 0 Å². The van der Waals surface area contributed by atoms with Crippen molar-refractivity contribution in [2.45, 2.75) is 18.0 Å². The lowest BCUT2D eigenvalue weighted by Gasteiger charge is -2.37. The molecular weight excluding hydrogens is 558 g/mol. The van der Waals surface area contributed by atoms with Gasteiger partial charge in [0, 0.05) is 27.8 Å². The van der Waals surface area contributed by atoms with Crippen LogP contribution in [0.2, 0.25) is 5.02 Å². The van der Waals surface area contributed by atoms with E-state index < -0.39 is 23.4 Å². The molecule has 0 bridgehead atoms. The Kier molecular flexibility index (Phi) is 5.92. The summed E-state index contributed by atoms with van der Waals surface area (Å²) < 4.78 is 11.1. The van der Waals surface area contributed by atoms with Crippen LogP contribution in [-0.2, 0) is 0 Å². The van der Waals surface area contributed by atoms with E-state index in [0.29, 0.717) is 38.1 Å². The zero-order valence-corrected chi connectivity index (χ0v) is 23.7. The van der Waals surface area contributed by atoms with Gasteiger partial charge in [0.05, 0.1) is 25.1 Å². The minimum atomic E-state index is -1.59. The van der Waals surface area contributed by atoms with Gasteiger partial charge in [0.2, 0.25) is 0 Å². The quantitative estimate of drug-likeness (QED) is 0.192. The molecule has 3 aliphatic rings. The molecule has 2 aliphatic heterocycles. The standard InChI is InChI=1S/C33H24ClNO5S/c1-39-24-13-9-19(17-25(24)40-2)28-29(30(36)26-8-5-15-41-26)35-23-12-11-20(34)16-18(23)10-14-27(35)33(28)31(37)21-6-3-4-7-22(21)32(33)38/h3-17,27-29H,1-2H3/t27-,28+,29-/m0/s1. The molecule has 41 heavy (non-hydrogen) atoms. The van der Waals surface area contributed by atoms with E-state index in [1.54, 1.807) is 55.6 Å². The number of rotatable bonds is 5. The molecule has 3 aromatic carbocycles. The smallest absolute Gasteiger partial charge is 0.195 e. The number of carbonyl (C=O) groups excluding carboxylic acids is 3. The summed E-state index contributed by atoms with van der Waals surface area (Å²) in [4.78, 5) is 46.5. The largest absolute Gasteiger partial charge is 0.493 e. The van der Waals surface area contributed by atoms with Gasteiger partial charge in [-0.3, -0.25) is 14.4 Å². The SMILES string of the molecule is COc1ccc([C@@H]2[C@@H](C(=O)c3cccs3)N3c4ccc(Cl)cc4C=C[C@H]3C23C(=O)c2ccccc2C3=O)cc1OC. The second-order valence-corrected chi connectivity index (χ2v) is 11.7. The van der Waals surface area contributed by atoms with Crippen molar-refractivity contribution < 1.29 is 23.9 Å². The molecule has 0 N–H and O–H groups in total. The molecule has 4 aromatic rings. The number of fused-ring (bicyclic) bond motifs is 5. The number of benzene rings is 3. The molecule has 1 fully saturated rings. The molecule has 1 aliphatic carbocycles. The number of thiophene rings is 1. The van der Waals surface area contributed by atoms with Gasteiger partial charge in [0.1, 0.15) is 11.5 Å². The summed E-state index contributed by atoms with van der Waals surface area (Å²) in [5.74, 6) is -0.595. The van der Waals surface area contributed by atoms with Crippen LogP contribution < -0.4 is 14.4 Å². The topological polar surface area (TPSA) is 72.9 Å². The number of halogens is 1. The van der Waals surface area contributed by atoms with Gasteiger partial charge >= 0.3 is 0 Å². The van der Waals surface area contributed by atoms with Crippen molar-refractivity contribution in [3.8, 4) is 11.5 Å². The highest BCUT2D eigenvalue weighted by atomic mass is 35.5. The molecule has 1 spiro atoms. The van der Waals surface area contributed by atoms with Crippen molar-refractivity contribution >= 4 is 52.1 Å². The maximum absolute atomic E-state index is 14.7. The van der Waals surface area contributed by atoms with Crippen molar-refractivity contribution in [1.29, 1.82) is 0 Å². The first-order valence-electron chi connectivity index (χ1n) is 13.2. The number of methoxy groups -OCH3 is 2. The van der Waals surface area contributed by atoms with Crippen LogP contribution in [0.15, 0.2) is 84.3 Å². The third kappa shape index (κ3) is 3.46. The minimum absolute atomic E-state index is 0.158. The van der Waals surface area contributed by atoms with Gasteiger partial charge in [-0.2, -0.15) is 0 Å². The number of hydrogen-bond donors (Lipinski definition) is 0. The average Bonchev–Trinajstić information content (AvgIpc) is 3.70. The molecule has 1 saturated heterocycles. The van der Waals surface area contributed by atoms with Gasteiger partial charge in [0.15, 0.2) is 28.8 Å². The first-order chi connectivity index (χ1) is 19.9. The second-order valence-electron chi connectivity index (χ2n) is 10.4. The van der Waals surface area contributed by atoms with E-state index in [9.17, 15) is 14.4 Å². The fourth-order valence-corrected chi connectivity index (χ4v) is 7.81. The number of nitrogens with zero attached hydrogens (tertiary/aromatic N) is 1. The summed E-state index contributed by atoms with van der Waals surface area (Å²) in [6, 6.07) is 19.8.